The lowest BCUT2D eigenvalue weighted by Crippen LogP contribution is -2.33. The molecule has 0 radical (unpaired) electrons. The highest BCUT2D eigenvalue weighted by Crippen LogP contribution is 2.51. The van der Waals surface area contributed by atoms with Crippen LogP contribution < -0.4 is 14.0 Å². The van der Waals surface area contributed by atoms with Crippen LogP contribution in [0.1, 0.15) is 27.8 Å². The Morgan fingerprint density at radius 2 is 1.06 bits per heavy atom. The van der Waals surface area contributed by atoms with Crippen molar-refractivity contribution in [2.24, 2.45) is 5.10 Å². The summed E-state index contributed by atoms with van der Waals surface area (Å²) in [5, 5.41) is 4.47. The summed E-state index contributed by atoms with van der Waals surface area (Å²) in [4.78, 5) is 30.3. The van der Waals surface area contributed by atoms with Crippen molar-refractivity contribution in [1.82, 2.24) is 14.6 Å². The molecule has 0 N–H and O–H groups in total. The zero-order chi connectivity index (χ0) is 47.1. The van der Waals surface area contributed by atoms with E-state index in [1.807, 2.05) is 133 Å². The quantitative estimate of drug-likeness (QED) is 0.0179. The Morgan fingerprint density at radius 3 is 1.53 bits per heavy atom. The molecule has 1 aliphatic rings. The Bertz CT molecular complexity index is 2480. The number of carbonyl (C=O) groups excluding carboxylic acids is 2. The number of rotatable bonds is 25. The van der Waals surface area contributed by atoms with Gasteiger partial charge in [-0.15, -0.1) is 5.10 Å². The molecule has 1 unspecified atom stereocenters. The van der Waals surface area contributed by atoms with Gasteiger partial charge in [-0.25, -0.2) is 0 Å². The van der Waals surface area contributed by atoms with E-state index in [0.29, 0.717) is 58.9 Å². The number of hydrogen-bond donors (Lipinski definition) is 0. The number of benzene rings is 5. The zero-order valence-electron chi connectivity index (χ0n) is 37.3. The van der Waals surface area contributed by atoms with E-state index in [2.05, 4.69) is 5.10 Å². The van der Waals surface area contributed by atoms with Crippen molar-refractivity contribution in [3.05, 3.63) is 161 Å². The molecule has 0 saturated heterocycles. The molecule has 0 bridgehead atoms. The first kappa shape index (κ1) is 50.1. The molecule has 5 aromatic carbocycles. The highest BCUT2D eigenvalue weighted by atomic mass is 32.4. The van der Waals surface area contributed by atoms with Gasteiger partial charge >= 0.3 is 22.3 Å². The third kappa shape index (κ3) is 13.6. The molecule has 346 valence electrons. The molecule has 1 aliphatic heterocycles. The summed E-state index contributed by atoms with van der Waals surface area (Å²) in [6, 6.07) is 40.9. The van der Waals surface area contributed by atoms with E-state index < -0.39 is 22.3 Å². The van der Waals surface area contributed by atoms with E-state index in [1.54, 1.807) is 22.9 Å². The third-order valence-electron chi connectivity index (χ3n) is 10.5. The lowest BCUT2D eigenvalue weighted by atomic mass is 9.96. The number of hydrazone groups is 1. The Hall–Kier alpha value is -5.37. The van der Waals surface area contributed by atoms with E-state index in [4.69, 9.17) is 43.9 Å². The highest BCUT2D eigenvalue weighted by Gasteiger charge is 2.39. The van der Waals surface area contributed by atoms with Crippen molar-refractivity contribution in [1.29, 1.82) is 0 Å². The van der Waals surface area contributed by atoms with Crippen molar-refractivity contribution in [3.63, 3.8) is 0 Å². The van der Waals surface area contributed by atoms with Crippen LogP contribution in [0.5, 0.6) is 17.2 Å². The smallest absolute Gasteiger partial charge is 0.458 e. The summed E-state index contributed by atoms with van der Waals surface area (Å²) in [5.41, 5.74) is 5.00. The summed E-state index contributed by atoms with van der Waals surface area (Å²) in [6.45, 7) is 0.597. The molecule has 19 heteroatoms. The van der Waals surface area contributed by atoms with Gasteiger partial charge in [0.1, 0.15) is 24.1 Å². The lowest BCUT2D eigenvalue weighted by molar-refractivity contribution is -0.135. The molecule has 0 aromatic heterocycles. The summed E-state index contributed by atoms with van der Waals surface area (Å²) >= 11 is 5.61. The minimum absolute atomic E-state index is 0.0165. The Balaban J connectivity index is 0.927. The number of amides is 2. The Labute approximate surface area is 391 Å². The monoisotopic (exact) mass is 973 g/mol. The fourth-order valence-corrected chi connectivity index (χ4v) is 10.1. The molecule has 15 nitrogen and oxygen atoms in total. The van der Waals surface area contributed by atoms with Crippen LogP contribution in [-0.2, 0) is 61.5 Å². The van der Waals surface area contributed by atoms with Crippen LogP contribution in [0.15, 0.2) is 139 Å². The van der Waals surface area contributed by atoms with Gasteiger partial charge in [-0.3, -0.25) is 33.0 Å². The molecule has 0 saturated carbocycles. The summed E-state index contributed by atoms with van der Waals surface area (Å²) < 4.78 is 65.3. The van der Waals surface area contributed by atoms with Crippen LogP contribution in [-0.4, -0.2) is 101 Å². The second-order valence-electron chi connectivity index (χ2n) is 14.7. The molecule has 0 fully saturated rings. The third-order valence-corrected chi connectivity index (χ3v) is 16.1. The first-order valence-electron chi connectivity index (χ1n) is 20.7. The topological polar surface area (TPSA) is 155 Å². The standard InChI is InChI=1S/C47H52N4O11P3S/c1-49(63(66)62-43-26-18-36(19-27-43)28-30-50(33-64(54,56-2)57-3)34-65(55,58-4)59-5)48-32-38-20-24-42(25-21-38)61-35-60-41-22-16-37(17-23-41)29-31-51-46(52)44(39-12-8-6-9-13-39)45(47(51)53)40-14-10-7-11-15-40/h6-27,32H,28-31,33-35H2,1-5H3/q+1/b48-32+. The summed E-state index contributed by atoms with van der Waals surface area (Å²) in [6.07, 6.45) is 2.50. The molecule has 0 spiro atoms. The van der Waals surface area contributed by atoms with Crippen molar-refractivity contribution in [2.75, 3.05) is 67.9 Å². The van der Waals surface area contributed by atoms with Gasteiger partial charge in [0.2, 0.25) is 18.6 Å². The molecule has 1 heterocycles. The van der Waals surface area contributed by atoms with Gasteiger partial charge in [-0.1, -0.05) is 89.7 Å². The first-order valence-corrected chi connectivity index (χ1v) is 26.4. The van der Waals surface area contributed by atoms with Crippen molar-refractivity contribution < 1.29 is 50.8 Å². The van der Waals surface area contributed by atoms with Gasteiger partial charge < -0.3 is 27.6 Å². The highest BCUT2D eigenvalue weighted by molar-refractivity contribution is 8.02. The number of hydrogen-bond acceptors (Lipinski definition) is 14. The Kier molecular flexibility index (Phi) is 18.1. The SMILES string of the molecule is COP(=O)(CN(CCc1ccc(O[P+](=S)N(C)/N=C/c2ccc(OCOc3ccc(CCN4C(=O)C(c5ccccc5)=C(c5ccccc5)C4=O)cc3)cc2)cc1)CP(=O)(OC)OC)OC. The first-order chi connectivity index (χ1) is 31.9. The van der Waals surface area contributed by atoms with Crippen LogP contribution in [0.25, 0.3) is 11.1 Å². The van der Waals surface area contributed by atoms with Crippen molar-refractivity contribution in [2.45, 2.75) is 12.8 Å². The number of carbonyl (C=O) groups is 2. The number of nitrogens with zero attached hydrogens (tertiary/aromatic N) is 4. The maximum Gasteiger partial charge on any atom is 0.540 e. The number of ether oxygens (including phenoxy) is 2. The number of imide groups is 1. The van der Waals surface area contributed by atoms with Gasteiger partial charge in [-0.2, -0.15) is 0 Å². The lowest BCUT2D eigenvalue weighted by Gasteiger charge is -2.27. The van der Waals surface area contributed by atoms with E-state index >= 15 is 0 Å². The van der Waals surface area contributed by atoms with Crippen LogP contribution >= 0.6 is 22.3 Å². The molecule has 2 amide bonds. The van der Waals surface area contributed by atoms with Gasteiger partial charge in [0.05, 0.1) is 24.4 Å². The van der Waals surface area contributed by atoms with E-state index in [0.717, 1.165) is 16.7 Å². The maximum absolute atomic E-state index is 13.7. The molecule has 5 aromatic rings. The second kappa shape index (κ2) is 23.9. The molecule has 6 rings (SSSR count). The van der Waals surface area contributed by atoms with E-state index in [1.165, 1.54) is 33.3 Å². The van der Waals surface area contributed by atoms with Gasteiger partial charge in [0, 0.05) is 41.5 Å². The van der Waals surface area contributed by atoms with Crippen LogP contribution in [0.4, 0.5) is 0 Å². The Morgan fingerprint density at radius 1 is 0.621 bits per heavy atom. The maximum atomic E-state index is 13.7. The largest absolute Gasteiger partial charge is 0.540 e. The average molecular weight is 974 g/mol. The minimum Gasteiger partial charge on any atom is -0.458 e. The fraction of sp³-hybridized carbons (Fsp3) is 0.255. The molecular weight excluding hydrogens is 922 g/mol. The van der Waals surface area contributed by atoms with E-state index in [9.17, 15) is 18.7 Å². The van der Waals surface area contributed by atoms with Crippen molar-refractivity contribution >= 4 is 63.2 Å². The van der Waals surface area contributed by atoms with Gasteiger partial charge in [-0.05, 0) is 89.2 Å². The second-order valence-corrected chi connectivity index (χ2v) is 21.3. The van der Waals surface area contributed by atoms with Gasteiger partial charge in [0.25, 0.3) is 11.8 Å². The normalized spacial score (nSPS) is 13.5. The zero-order valence-corrected chi connectivity index (χ0v) is 40.8. The van der Waals surface area contributed by atoms with Crippen molar-refractivity contribution in [3.8, 4) is 17.2 Å². The van der Waals surface area contributed by atoms with Crippen LogP contribution in [0, 0.1) is 0 Å². The predicted octanol–water partition coefficient (Wildman–Crippen LogP) is 9.47. The van der Waals surface area contributed by atoms with Crippen LogP contribution in [0.3, 0.4) is 0 Å². The molecule has 0 aliphatic carbocycles. The molecular formula is C47H52N4O11P3S+. The van der Waals surface area contributed by atoms with Gasteiger partial charge in [0.15, 0.2) is 5.75 Å². The molecule has 1 atom stereocenters. The summed E-state index contributed by atoms with van der Waals surface area (Å²) in [7, 11) is -1.45. The van der Waals surface area contributed by atoms with Crippen LogP contribution in [0.2, 0.25) is 0 Å². The predicted molar refractivity (Wildman–Crippen MR) is 259 cm³/mol. The summed E-state index contributed by atoms with van der Waals surface area (Å²) in [5.74, 6) is 1.20. The fourth-order valence-electron chi connectivity index (χ4n) is 6.74. The average Bonchev–Trinajstić information content (AvgIpc) is 3.61. The molecule has 66 heavy (non-hydrogen) atoms. The van der Waals surface area contributed by atoms with E-state index in [-0.39, 0.29) is 37.7 Å². The minimum atomic E-state index is -3.44.